The Bertz CT molecular complexity index is 1170. The zero-order chi connectivity index (χ0) is 26.7. The average Bonchev–Trinajstić information content (AvgIpc) is 2.93. The van der Waals surface area contributed by atoms with Crippen LogP contribution < -0.4 is 0 Å². The lowest BCUT2D eigenvalue weighted by Gasteiger charge is -2.36. The van der Waals surface area contributed by atoms with E-state index in [-0.39, 0.29) is 18.2 Å². The van der Waals surface area contributed by atoms with Crippen LogP contribution in [-0.4, -0.2) is 48.0 Å². The van der Waals surface area contributed by atoms with Crippen LogP contribution in [0, 0.1) is 5.92 Å². The molecule has 0 aliphatic carbocycles. The molecule has 1 aliphatic rings. The maximum atomic E-state index is 12.7. The number of carbonyl (C=O) groups excluding carboxylic acids is 2. The summed E-state index contributed by atoms with van der Waals surface area (Å²) in [7, 11) is 0. The second kappa shape index (κ2) is 13.9. The maximum absolute atomic E-state index is 12.7. The number of esters is 1. The number of aromatic hydroxyl groups is 1. The van der Waals surface area contributed by atoms with Crippen LogP contribution in [0.15, 0.2) is 78.9 Å². The van der Waals surface area contributed by atoms with Crippen LogP contribution in [0.3, 0.4) is 0 Å². The highest BCUT2D eigenvalue weighted by Gasteiger charge is 2.29. The minimum Gasteiger partial charge on any atom is -0.508 e. The van der Waals surface area contributed by atoms with Gasteiger partial charge in [-0.1, -0.05) is 66.7 Å². The van der Waals surface area contributed by atoms with Crippen molar-refractivity contribution in [3.63, 3.8) is 0 Å². The Hall–Kier alpha value is -3.44. The fourth-order valence-corrected chi connectivity index (χ4v) is 5.66. The number of rotatable bonds is 12. The lowest BCUT2D eigenvalue weighted by Crippen LogP contribution is -2.36. The standard InChI is InChI=1S/C33H39NO4/c1-2-38-32(37)24-29-12-7-6-11-28(29)23-31(36)13-8-20-34-21-18-27(19-22-34)33(25-9-4-3-5-10-25)26-14-16-30(35)17-15-26/h3-7,9-12,14-17,27,33,35H,2,8,13,18-24H2,1H3. The van der Waals surface area contributed by atoms with Crippen LogP contribution in [0.25, 0.3) is 0 Å². The monoisotopic (exact) mass is 513 g/mol. The number of hydrogen-bond acceptors (Lipinski definition) is 5. The van der Waals surface area contributed by atoms with E-state index in [0.717, 1.165) is 50.0 Å². The first-order chi connectivity index (χ1) is 18.5. The third kappa shape index (κ3) is 7.78. The Kier molecular flexibility index (Phi) is 10.1. The van der Waals surface area contributed by atoms with Crippen molar-refractivity contribution in [2.75, 3.05) is 26.2 Å². The largest absolute Gasteiger partial charge is 0.508 e. The molecule has 0 amide bonds. The minimum absolute atomic E-state index is 0.209. The Morgan fingerprint density at radius 1 is 0.868 bits per heavy atom. The Balaban J connectivity index is 1.26. The topological polar surface area (TPSA) is 66.8 Å². The van der Waals surface area contributed by atoms with Crippen LogP contribution in [-0.2, 0) is 27.2 Å². The van der Waals surface area contributed by atoms with Gasteiger partial charge in [0.05, 0.1) is 13.0 Å². The number of ether oxygens (including phenoxy) is 1. The number of hydrogen-bond donors (Lipinski definition) is 1. The number of piperidine rings is 1. The van der Waals surface area contributed by atoms with Gasteiger partial charge in [-0.05, 0) is 86.1 Å². The highest BCUT2D eigenvalue weighted by molar-refractivity contribution is 5.82. The van der Waals surface area contributed by atoms with Crippen LogP contribution in [0.2, 0.25) is 0 Å². The van der Waals surface area contributed by atoms with Gasteiger partial charge in [-0.2, -0.15) is 0 Å². The number of Topliss-reactive ketones (excluding diaryl/α,β-unsaturated/α-hetero) is 1. The molecule has 1 N–H and O–H groups in total. The van der Waals surface area contributed by atoms with Crippen LogP contribution in [0.1, 0.15) is 60.8 Å². The fraction of sp³-hybridized carbons (Fsp3) is 0.394. The lowest BCUT2D eigenvalue weighted by atomic mass is 9.76. The molecule has 0 aromatic heterocycles. The van der Waals surface area contributed by atoms with Crippen molar-refractivity contribution < 1.29 is 19.4 Å². The van der Waals surface area contributed by atoms with E-state index >= 15 is 0 Å². The van der Waals surface area contributed by atoms with Crippen molar-refractivity contribution in [1.82, 2.24) is 4.90 Å². The molecule has 0 bridgehead atoms. The summed E-state index contributed by atoms with van der Waals surface area (Å²) >= 11 is 0. The first-order valence-corrected chi connectivity index (χ1v) is 13.8. The Morgan fingerprint density at radius 2 is 1.47 bits per heavy atom. The van der Waals surface area contributed by atoms with Gasteiger partial charge in [0.2, 0.25) is 0 Å². The van der Waals surface area contributed by atoms with E-state index in [1.165, 1.54) is 11.1 Å². The fourth-order valence-electron chi connectivity index (χ4n) is 5.66. The second-order valence-corrected chi connectivity index (χ2v) is 10.2. The van der Waals surface area contributed by atoms with Gasteiger partial charge in [0.15, 0.2) is 0 Å². The molecule has 0 radical (unpaired) electrons. The van der Waals surface area contributed by atoms with Crippen molar-refractivity contribution in [1.29, 1.82) is 0 Å². The molecule has 4 rings (SSSR count). The highest BCUT2D eigenvalue weighted by atomic mass is 16.5. The maximum Gasteiger partial charge on any atom is 0.310 e. The van der Waals surface area contributed by atoms with Gasteiger partial charge in [-0.15, -0.1) is 0 Å². The number of ketones is 1. The van der Waals surface area contributed by atoms with Gasteiger partial charge >= 0.3 is 5.97 Å². The second-order valence-electron chi connectivity index (χ2n) is 10.2. The van der Waals surface area contributed by atoms with Crippen molar-refractivity contribution in [3.05, 3.63) is 101 Å². The van der Waals surface area contributed by atoms with E-state index < -0.39 is 0 Å². The summed E-state index contributed by atoms with van der Waals surface area (Å²) in [4.78, 5) is 27.1. The molecule has 3 aromatic carbocycles. The van der Waals surface area contributed by atoms with E-state index in [4.69, 9.17) is 4.74 Å². The molecule has 1 fully saturated rings. The van der Waals surface area contributed by atoms with E-state index in [0.29, 0.717) is 37.0 Å². The number of carbonyl (C=O) groups is 2. The van der Waals surface area contributed by atoms with Crippen molar-refractivity contribution >= 4 is 11.8 Å². The Morgan fingerprint density at radius 3 is 2.13 bits per heavy atom. The van der Waals surface area contributed by atoms with Gasteiger partial charge in [-0.3, -0.25) is 9.59 Å². The quantitative estimate of drug-likeness (QED) is 0.304. The van der Waals surface area contributed by atoms with E-state index in [9.17, 15) is 14.7 Å². The molecule has 1 aliphatic heterocycles. The van der Waals surface area contributed by atoms with Crippen LogP contribution in [0.5, 0.6) is 5.75 Å². The molecule has 0 saturated carbocycles. The summed E-state index contributed by atoms with van der Waals surface area (Å²) < 4.78 is 5.08. The number of nitrogens with zero attached hydrogens (tertiary/aromatic N) is 1. The molecule has 5 nitrogen and oxygen atoms in total. The third-order valence-electron chi connectivity index (χ3n) is 7.59. The van der Waals surface area contributed by atoms with E-state index in [1.54, 1.807) is 19.1 Å². The summed E-state index contributed by atoms with van der Waals surface area (Å²) in [6.07, 6.45) is 4.19. The SMILES string of the molecule is CCOC(=O)Cc1ccccc1CC(=O)CCCN1CCC(C(c2ccccc2)c2ccc(O)cc2)CC1. The van der Waals surface area contributed by atoms with Crippen LogP contribution >= 0.6 is 0 Å². The first kappa shape index (κ1) is 27.6. The van der Waals surface area contributed by atoms with Crippen molar-refractivity contribution in [2.45, 2.75) is 51.4 Å². The summed E-state index contributed by atoms with van der Waals surface area (Å²) in [6.45, 7) is 5.15. The predicted octanol–water partition coefficient (Wildman–Crippen LogP) is 5.93. The highest BCUT2D eigenvalue weighted by Crippen LogP contribution is 2.38. The molecular weight excluding hydrogens is 474 g/mol. The third-order valence-corrected chi connectivity index (χ3v) is 7.59. The van der Waals surface area contributed by atoms with Gasteiger partial charge in [0.1, 0.15) is 11.5 Å². The summed E-state index contributed by atoms with van der Waals surface area (Å²) in [6, 6.07) is 26.0. The molecule has 1 saturated heterocycles. The van der Waals surface area contributed by atoms with Crippen LogP contribution in [0.4, 0.5) is 0 Å². The normalized spacial score (nSPS) is 15.2. The molecule has 200 valence electrons. The summed E-state index contributed by atoms with van der Waals surface area (Å²) in [5, 5.41) is 9.78. The smallest absolute Gasteiger partial charge is 0.310 e. The summed E-state index contributed by atoms with van der Waals surface area (Å²) in [5.41, 5.74) is 4.38. The molecule has 38 heavy (non-hydrogen) atoms. The molecular formula is C33H39NO4. The van der Waals surface area contributed by atoms with E-state index in [1.807, 2.05) is 24.3 Å². The molecule has 0 spiro atoms. The van der Waals surface area contributed by atoms with Crippen molar-refractivity contribution in [3.8, 4) is 5.75 Å². The number of benzene rings is 3. The lowest BCUT2D eigenvalue weighted by molar-refractivity contribution is -0.142. The van der Waals surface area contributed by atoms with Gasteiger partial charge in [0, 0.05) is 18.8 Å². The minimum atomic E-state index is -0.254. The Labute approximate surface area is 226 Å². The molecule has 1 unspecified atom stereocenters. The summed E-state index contributed by atoms with van der Waals surface area (Å²) in [5.74, 6) is 1.11. The average molecular weight is 514 g/mol. The number of likely N-dealkylation sites (tertiary alicyclic amines) is 1. The zero-order valence-electron chi connectivity index (χ0n) is 22.4. The van der Waals surface area contributed by atoms with Crippen molar-refractivity contribution in [2.24, 2.45) is 5.92 Å². The van der Waals surface area contributed by atoms with Gasteiger partial charge < -0.3 is 14.7 Å². The molecule has 1 heterocycles. The van der Waals surface area contributed by atoms with Gasteiger partial charge in [0.25, 0.3) is 0 Å². The molecule has 3 aromatic rings. The zero-order valence-corrected chi connectivity index (χ0v) is 22.4. The molecule has 5 heteroatoms. The number of phenolic OH excluding ortho intramolecular Hbond substituents is 1. The van der Waals surface area contributed by atoms with Gasteiger partial charge in [-0.25, -0.2) is 0 Å². The van der Waals surface area contributed by atoms with E-state index in [2.05, 4.69) is 47.4 Å². The number of phenols is 1. The predicted molar refractivity (Wildman–Crippen MR) is 150 cm³/mol. The first-order valence-electron chi connectivity index (χ1n) is 13.8. The molecule has 1 atom stereocenters.